The average molecular weight is 679 g/mol. The van der Waals surface area contributed by atoms with Crippen LogP contribution in [0.15, 0.2) is 96.9 Å². The summed E-state index contributed by atoms with van der Waals surface area (Å²) in [5.74, 6) is 2.67. The summed E-state index contributed by atoms with van der Waals surface area (Å²) in [6.07, 6.45) is 7.59. The van der Waals surface area contributed by atoms with Gasteiger partial charge in [0.05, 0.1) is 33.3 Å². The molecule has 0 bridgehead atoms. The number of fused-ring (bicyclic) bond motifs is 2. The van der Waals surface area contributed by atoms with E-state index in [2.05, 4.69) is 29.9 Å². The van der Waals surface area contributed by atoms with Gasteiger partial charge in [0.15, 0.2) is 31.5 Å². The molecule has 0 saturated heterocycles. The normalized spacial score (nSPS) is 10.8. The first kappa shape index (κ1) is 32.5. The van der Waals surface area contributed by atoms with Crippen molar-refractivity contribution in [3.05, 3.63) is 107 Å². The number of aldehydes is 1. The number of ether oxygens (including phenoxy) is 4. The van der Waals surface area contributed by atoms with E-state index < -0.39 is 0 Å². The van der Waals surface area contributed by atoms with Crippen molar-refractivity contribution in [1.29, 1.82) is 0 Å². The van der Waals surface area contributed by atoms with E-state index in [0.29, 0.717) is 43.8 Å². The second-order valence-corrected chi connectivity index (χ2v) is 11.5. The van der Waals surface area contributed by atoms with Gasteiger partial charge in [0.25, 0.3) is 0 Å². The highest BCUT2D eigenvalue weighted by molar-refractivity contribution is 7.12. The highest BCUT2D eigenvalue weighted by Crippen LogP contribution is 2.28. The summed E-state index contributed by atoms with van der Waals surface area (Å²) in [6.45, 7) is 0.421. The Bertz CT molecular complexity index is 2160. The van der Waals surface area contributed by atoms with Crippen molar-refractivity contribution < 1.29 is 23.7 Å². The van der Waals surface area contributed by atoms with Gasteiger partial charge in [-0.1, -0.05) is 11.6 Å². The molecule has 0 N–H and O–H groups in total. The third-order valence-corrected chi connectivity index (χ3v) is 7.88. The Labute approximate surface area is 284 Å². The number of rotatable bonds is 10. The molecule has 2 aromatic carbocycles. The lowest BCUT2D eigenvalue weighted by molar-refractivity contribution is 0.0510. The van der Waals surface area contributed by atoms with Crippen LogP contribution in [0.1, 0.15) is 9.67 Å². The van der Waals surface area contributed by atoms with E-state index in [9.17, 15) is 4.79 Å². The maximum absolute atomic E-state index is 10.9. The Balaban J connectivity index is 0.000000173. The minimum atomic E-state index is 0.203. The molecule has 5 aromatic heterocycles. The van der Waals surface area contributed by atoms with Gasteiger partial charge in [-0.25, -0.2) is 19.9 Å². The molecule has 0 aliphatic rings. The van der Waals surface area contributed by atoms with Crippen LogP contribution in [-0.2, 0) is 9.47 Å². The molecule has 5 heterocycles. The van der Waals surface area contributed by atoms with Crippen molar-refractivity contribution in [3.8, 4) is 45.4 Å². The number of benzene rings is 2. The van der Waals surface area contributed by atoms with Crippen LogP contribution in [0.3, 0.4) is 0 Å². The number of methoxy groups -OCH3 is 2. The topological polar surface area (TPSA) is 131 Å². The molecule has 48 heavy (non-hydrogen) atoms. The summed E-state index contributed by atoms with van der Waals surface area (Å²) in [4.78, 5) is 38.0. The number of carbonyl (C=O) groups excluding carboxylic acids is 1. The fraction of sp³-hybridized carbons (Fsp3) is 0.114. The van der Waals surface area contributed by atoms with Crippen molar-refractivity contribution in [2.75, 3.05) is 27.8 Å². The van der Waals surface area contributed by atoms with E-state index in [-0.39, 0.29) is 13.6 Å². The number of nitrogens with zero attached hydrogens (tertiary/aromatic N) is 6. The highest BCUT2D eigenvalue weighted by atomic mass is 35.5. The zero-order valence-electron chi connectivity index (χ0n) is 25.7. The van der Waals surface area contributed by atoms with Crippen molar-refractivity contribution in [2.24, 2.45) is 0 Å². The van der Waals surface area contributed by atoms with Gasteiger partial charge >= 0.3 is 0 Å². The Morgan fingerprint density at radius 3 is 1.69 bits per heavy atom. The van der Waals surface area contributed by atoms with E-state index in [1.165, 1.54) is 11.3 Å². The number of pyridine rings is 2. The first-order valence-electron chi connectivity index (χ1n) is 14.4. The molecule has 0 aliphatic carbocycles. The van der Waals surface area contributed by atoms with E-state index in [1.807, 2.05) is 66.0 Å². The van der Waals surface area contributed by atoms with Crippen LogP contribution in [0.4, 0.5) is 0 Å². The average Bonchev–Trinajstić information content (AvgIpc) is 3.63. The standard InChI is InChI=1S/C20H15N3O3S.C15H12ClN3O2/c1-25-12-26-16-4-2-13(3-5-16)20-22-9-19-18(23-20)7-14(8-21-19)15-6-17(10-24)27-11-15;1-20-9-21-12-4-2-10(3-5-12)15-18-8-14-13(19-15)6-11(16)7-17-14/h2-11H,12H2,1H3;2-8H,9H2,1H3. The summed E-state index contributed by atoms with van der Waals surface area (Å²) in [5, 5.41) is 2.49. The fourth-order valence-corrected chi connectivity index (χ4v) is 5.34. The molecule has 0 aliphatic heterocycles. The highest BCUT2D eigenvalue weighted by Gasteiger charge is 2.09. The van der Waals surface area contributed by atoms with Crippen LogP contribution in [0.25, 0.3) is 56.0 Å². The maximum atomic E-state index is 10.9. The summed E-state index contributed by atoms with van der Waals surface area (Å²) in [6, 6.07) is 20.6. The van der Waals surface area contributed by atoms with E-state index >= 15 is 0 Å². The van der Waals surface area contributed by atoms with Gasteiger partial charge in [-0.2, -0.15) is 0 Å². The van der Waals surface area contributed by atoms with Crippen LogP contribution in [-0.4, -0.2) is 64.0 Å². The predicted octanol–water partition coefficient (Wildman–Crippen LogP) is 7.54. The summed E-state index contributed by atoms with van der Waals surface area (Å²) >= 11 is 7.34. The van der Waals surface area contributed by atoms with Crippen molar-refractivity contribution in [2.45, 2.75) is 0 Å². The molecule has 240 valence electrons. The first-order chi connectivity index (χ1) is 23.5. The molecular weight excluding hydrogens is 652 g/mol. The number of thiophene rings is 1. The molecule has 11 nitrogen and oxygen atoms in total. The summed E-state index contributed by atoms with van der Waals surface area (Å²) in [5.41, 5.74) is 6.53. The molecule has 13 heteroatoms. The number of aromatic nitrogens is 6. The second kappa shape index (κ2) is 15.5. The number of hydrogen-bond acceptors (Lipinski definition) is 12. The molecule has 0 unspecified atom stereocenters. The van der Waals surface area contributed by atoms with E-state index in [1.54, 1.807) is 45.1 Å². The third kappa shape index (κ3) is 7.93. The van der Waals surface area contributed by atoms with Gasteiger partial charge < -0.3 is 18.9 Å². The van der Waals surface area contributed by atoms with E-state index in [4.69, 9.17) is 30.5 Å². The molecule has 7 aromatic rings. The zero-order valence-corrected chi connectivity index (χ0v) is 27.3. The number of hydrogen-bond donors (Lipinski definition) is 0. The molecule has 0 spiro atoms. The third-order valence-electron chi connectivity index (χ3n) is 6.81. The Kier molecular flexibility index (Phi) is 10.5. The zero-order chi connectivity index (χ0) is 33.3. The van der Waals surface area contributed by atoms with Crippen LogP contribution in [0.2, 0.25) is 5.02 Å². The smallest absolute Gasteiger partial charge is 0.188 e. The van der Waals surface area contributed by atoms with Gasteiger partial charge in [-0.15, -0.1) is 11.3 Å². The lowest BCUT2D eigenvalue weighted by Gasteiger charge is -2.06. The van der Waals surface area contributed by atoms with Crippen molar-refractivity contribution in [3.63, 3.8) is 0 Å². The van der Waals surface area contributed by atoms with Crippen LogP contribution >= 0.6 is 22.9 Å². The van der Waals surface area contributed by atoms with Crippen LogP contribution in [0.5, 0.6) is 11.5 Å². The predicted molar refractivity (Wildman–Crippen MR) is 184 cm³/mol. The minimum Gasteiger partial charge on any atom is -0.468 e. The van der Waals surface area contributed by atoms with Crippen molar-refractivity contribution in [1.82, 2.24) is 29.9 Å². The van der Waals surface area contributed by atoms with Crippen LogP contribution < -0.4 is 9.47 Å². The minimum absolute atomic E-state index is 0.203. The molecule has 7 rings (SSSR count). The van der Waals surface area contributed by atoms with Gasteiger partial charge in [-0.3, -0.25) is 14.8 Å². The summed E-state index contributed by atoms with van der Waals surface area (Å²) in [7, 11) is 3.16. The molecule has 0 fully saturated rings. The fourth-order valence-electron chi connectivity index (χ4n) is 4.47. The molecule has 0 amide bonds. The van der Waals surface area contributed by atoms with Gasteiger partial charge in [0.2, 0.25) is 0 Å². The van der Waals surface area contributed by atoms with Crippen molar-refractivity contribution >= 4 is 51.3 Å². The largest absolute Gasteiger partial charge is 0.468 e. The molecule has 0 atom stereocenters. The number of halogens is 1. The van der Waals surface area contributed by atoms with E-state index in [0.717, 1.165) is 39.8 Å². The van der Waals surface area contributed by atoms with Gasteiger partial charge in [0.1, 0.15) is 22.5 Å². The lowest BCUT2D eigenvalue weighted by Crippen LogP contribution is -1.98. The van der Waals surface area contributed by atoms with Gasteiger partial charge in [-0.05, 0) is 77.7 Å². The number of carbonyl (C=O) groups is 1. The molecular formula is C35H27ClN6O5S. The lowest BCUT2D eigenvalue weighted by atomic mass is 10.1. The SMILES string of the molecule is COCOc1ccc(-c2ncc3ncc(-c4csc(C=O)c4)cc3n2)cc1.COCOc1ccc(-c2ncc3ncc(Cl)cc3n2)cc1. The first-order valence-corrected chi connectivity index (χ1v) is 15.7. The monoisotopic (exact) mass is 678 g/mol. The molecule has 0 radical (unpaired) electrons. The molecule has 0 saturated carbocycles. The Morgan fingerprint density at radius 2 is 1.17 bits per heavy atom. The van der Waals surface area contributed by atoms with Crippen LogP contribution in [0, 0.1) is 0 Å². The Morgan fingerprint density at radius 1 is 0.625 bits per heavy atom. The van der Waals surface area contributed by atoms with Gasteiger partial charge in [0, 0.05) is 43.3 Å². The second-order valence-electron chi connectivity index (χ2n) is 10.1. The quantitative estimate of drug-likeness (QED) is 0.105. The maximum Gasteiger partial charge on any atom is 0.188 e. The Hall–Kier alpha value is -5.40. The summed E-state index contributed by atoms with van der Waals surface area (Å²) < 4.78 is 20.5.